The molecule has 0 saturated carbocycles. The minimum absolute atomic E-state index is 0.0641. The summed E-state index contributed by atoms with van der Waals surface area (Å²) in [5.74, 6) is -0.235. The number of benzene rings is 1. The molecule has 2 rings (SSSR count). The van der Waals surface area contributed by atoms with Crippen molar-refractivity contribution < 1.29 is 8.60 Å². The first-order chi connectivity index (χ1) is 7.59. The number of nitrogens with one attached hydrogen (secondary N) is 1. The van der Waals surface area contributed by atoms with Crippen LogP contribution in [0.4, 0.5) is 4.39 Å². The third-order valence-electron chi connectivity index (χ3n) is 3.09. The molecular formula is C12H16FNOS. The highest BCUT2D eigenvalue weighted by molar-refractivity contribution is 7.86. The molecule has 1 heterocycles. The van der Waals surface area contributed by atoms with Crippen LogP contribution in [0.5, 0.6) is 0 Å². The van der Waals surface area contributed by atoms with E-state index in [1.807, 2.05) is 13.8 Å². The van der Waals surface area contributed by atoms with Gasteiger partial charge < -0.3 is 5.32 Å². The highest BCUT2D eigenvalue weighted by Gasteiger charge is 2.32. The molecule has 0 amide bonds. The molecule has 1 saturated heterocycles. The lowest BCUT2D eigenvalue weighted by atomic mass is 10.0. The molecule has 0 spiro atoms. The predicted molar refractivity (Wildman–Crippen MR) is 64.2 cm³/mol. The first-order valence-electron chi connectivity index (χ1n) is 5.48. The van der Waals surface area contributed by atoms with Crippen molar-refractivity contribution in [3.63, 3.8) is 0 Å². The summed E-state index contributed by atoms with van der Waals surface area (Å²) < 4.78 is 24.8. The van der Waals surface area contributed by atoms with Crippen molar-refractivity contribution in [3.05, 3.63) is 35.6 Å². The van der Waals surface area contributed by atoms with E-state index in [2.05, 4.69) is 5.32 Å². The summed E-state index contributed by atoms with van der Waals surface area (Å²) in [7, 11) is -0.822. The summed E-state index contributed by atoms with van der Waals surface area (Å²) in [4.78, 5) is 0. The van der Waals surface area contributed by atoms with E-state index in [0.717, 1.165) is 12.1 Å². The van der Waals surface area contributed by atoms with Crippen LogP contribution < -0.4 is 5.32 Å². The van der Waals surface area contributed by atoms with Crippen LogP contribution in [0.2, 0.25) is 0 Å². The Bertz CT molecular complexity index is 393. The lowest BCUT2D eigenvalue weighted by Gasteiger charge is -2.33. The second kappa shape index (κ2) is 4.63. The zero-order valence-electron chi connectivity index (χ0n) is 9.44. The van der Waals surface area contributed by atoms with Gasteiger partial charge in [-0.3, -0.25) is 4.21 Å². The van der Waals surface area contributed by atoms with Gasteiger partial charge >= 0.3 is 0 Å². The fraction of sp³-hybridized carbons (Fsp3) is 0.500. The molecule has 1 fully saturated rings. The molecule has 16 heavy (non-hydrogen) atoms. The Balaban J connectivity index is 2.21. The van der Waals surface area contributed by atoms with Crippen LogP contribution in [0.25, 0.3) is 0 Å². The second-order valence-electron chi connectivity index (χ2n) is 4.28. The molecule has 2 nitrogen and oxygen atoms in total. The fourth-order valence-electron chi connectivity index (χ4n) is 2.10. The third kappa shape index (κ3) is 2.18. The monoisotopic (exact) mass is 241 g/mol. The van der Waals surface area contributed by atoms with Gasteiger partial charge in [0.1, 0.15) is 5.82 Å². The predicted octanol–water partition coefficient (Wildman–Crippen LogP) is 2.00. The molecule has 1 aromatic carbocycles. The lowest BCUT2D eigenvalue weighted by molar-refractivity contribution is 0.488. The molecule has 88 valence electrons. The van der Waals surface area contributed by atoms with Crippen molar-refractivity contribution >= 4 is 10.8 Å². The van der Waals surface area contributed by atoms with Gasteiger partial charge in [0.2, 0.25) is 0 Å². The Morgan fingerprint density at radius 2 is 1.94 bits per heavy atom. The molecule has 1 aliphatic rings. The van der Waals surface area contributed by atoms with Crippen molar-refractivity contribution in [2.24, 2.45) is 0 Å². The molecular weight excluding hydrogens is 225 g/mol. The number of rotatable bonds is 1. The van der Waals surface area contributed by atoms with Gasteiger partial charge in [-0.25, -0.2) is 4.39 Å². The van der Waals surface area contributed by atoms with Crippen LogP contribution in [0, 0.1) is 5.82 Å². The van der Waals surface area contributed by atoms with E-state index >= 15 is 0 Å². The van der Waals surface area contributed by atoms with Crippen molar-refractivity contribution in [2.45, 2.75) is 30.4 Å². The molecule has 0 bridgehead atoms. The van der Waals surface area contributed by atoms with E-state index in [1.54, 1.807) is 12.1 Å². The van der Waals surface area contributed by atoms with E-state index in [-0.39, 0.29) is 22.4 Å². The first-order valence-corrected chi connectivity index (χ1v) is 6.75. The largest absolute Gasteiger partial charge is 0.308 e. The zero-order chi connectivity index (χ0) is 11.7. The molecule has 4 unspecified atom stereocenters. The van der Waals surface area contributed by atoms with Gasteiger partial charge in [-0.1, -0.05) is 12.1 Å². The second-order valence-corrected chi connectivity index (χ2v) is 6.49. The van der Waals surface area contributed by atoms with Crippen LogP contribution >= 0.6 is 0 Å². The molecule has 4 heteroatoms. The normalized spacial score (nSPS) is 34.9. The van der Waals surface area contributed by atoms with E-state index in [4.69, 9.17) is 0 Å². The van der Waals surface area contributed by atoms with Crippen molar-refractivity contribution in [1.29, 1.82) is 0 Å². The Morgan fingerprint density at radius 3 is 2.56 bits per heavy atom. The molecule has 1 aromatic rings. The minimum atomic E-state index is -0.822. The quantitative estimate of drug-likeness (QED) is 0.814. The first kappa shape index (κ1) is 11.7. The summed E-state index contributed by atoms with van der Waals surface area (Å²) in [6, 6.07) is 6.49. The van der Waals surface area contributed by atoms with E-state index in [1.165, 1.54) is 12.1 Å². The summed E-state index contributed by atoms with van der Waals surface area (Å²) in [6.07, 6.45) is 0. The SMILES string of the molecule is CC1CNC(c2ccc(F)cc2)C(C)S1=O. The molecule has 0 aliphatic carbocycles. The van der Waals surface area contributed by atoms with Crippen LogP contribution in [0.15, 0.2) is 24.3 Å². The molecule has 1 aliphatic heterocycles. The van der Waals surface area contributed by atoms with Crippen molar-refractivity contribution in [2.75, 3.05) is 6.54 Å². The topological polar surface area (TPSA) is 29.1 Å². The number of halogens is 1. The maximum absolute atomic E-state index is 12.8. The van der Waals surface area contributed by atoms with E-state index in [0.29, 0.717) is 0 Å². The van der Waals surface area contributed by atoms with Gasteiger partial charge in [-0.2, -0.15) is 0 Å². The van der Waals surface area contributed by atoms with Crippen molar-refractivity contribution in [1.82, 2.24) is 5.32 Å². The standard InChI is InChI=1S/C12H16FNOS/c1-8-7-14-12(9(2)16(8)15)10-3-5-11(13)6-4-10/h3-6,8-9,12,14H,7H2,1-2H3. The maximum Gasteiger partial charge on any atom is 0.123 e. The smallest absolute Gasteiger partial charge is 0.123 e. The van der Waals surface area contributed by atoms with Gasteiger partial charge in [-0.05, 0) is 31.5 Å². The summed E-state index contributed by atoms with van der Waals surface area (Å²) in [5.41, 5.74) is 1.01. The highest BCUT2D eigenvalue weighted by Crippen LogP contribution is 2.26. The molecule has 0 radical (unpaired) electrons. The highest BCUT2D eigenvalue weighted by atomic mass is 32.2. The number of hydrogen-bond donors (Lipinski definition) is 1. The van der Waals surface area contributed by atoms with Crippen LogP contribution in [0.3, 0.4) is 0 Å². The Morgan fingerprint density at radius 1 is 1.31 bits per heavy atom. The van der Waals surface area contributed by atoms with Gasteiger partial charge in [0.25, 0.3) is 0 Å². The zero-order valence-corrected chi connectivity index (χ0v) is 10.3. The summed E-state index contributed by atoms with van der Waals surface area (Å²) in [5, 5.41) is 3.62. The van der Waals surface area contributed by atoms with Crippen LogP contribution in [-0.4, -0.2) is 21.3 Å². The third-order valence-corrected chi connectivity index (χ3v) is 5.05. The maximum atomic E-state index is 12.8. The fourth-order valence-corrected chi connectivity index (χ4v) is 3.62. The van der Waals surface area contributed by atoms with Crippen LogP contribution in [0.1, 0.15) is 25.5 Å². The van der Waals surface area contributed by atoms with E-state index in [9.17, 15) is 8.60 Å². The van der Waals surface area contributed by atoms with Gasteiger partial charge in [-0.15, -0.1) is 0 Å². The van der Waals surface area contributed by atoms with Gasteiger partial charge in [0, 0.05) is 28.6 Å². The summed E-state index contributed by atoms with van der Waals surface area (Å²) >= 11 is 0. The molecule has 1 N–H and O–H groups in total. The summed E-state index contributed by atoms with van der Waals surface area (Å²) in [6.45, 7) is 4.71. The molecule has 0 aromatic heterocycles. The average Bonchev–Trinajstić information content (AvgIpc) is 2.28. The molecule has 4 atom stereocenters. The lowest BCUT2D eigenvalue weighted by Crippen LogP contribution is -2.46. The van der Waals surface area contributed by atoms with Gasteiger partial charge in [0.05, 0.1) is 5.25 Å². The Kier molecular flexibility index (Phi) is 3.40. The van der Waals surface area contributed by atoms with E-state index < -0.39 is 10.8 Å². The average molecular weight is 241 g/mol. The minimum Gasteiger partial charge on any atom is -0.308 e. The van der Waals surface area contributed by atoms with Gasteiger partial charge in [0.15, 0.2) is 0 Å². The Hall–Kier alpha value is -0.740. The Labute approximate surface area is 97.7 Å². The number of hydrogen-bond acceptors (Lipinski definition) is 2. The van der Waals surface area contributed by atoms with Crippen LogP contribution in [-0.2, 0) is 10.8 Å². The van der Waals surface area contributed by atoms with Crippen molar-refractivity contribution in [3.8, 4) is 0 Å².